The van der Waals surface area contributed by atoms with Gasteiger partial charge < -0.3 is 10.6 Å². The molecule has 0 bridgehead atoms. The van der Waals surface area contributed by atoms with Gasteiger partial charge in [0, 0.05) is 12.6 Å². The molecule has 2 amide bonds. The Balaban J connectivity index is 2.67. The largest absolute Gasteiger partial charge is 0.325 e. The molecule has 0 atom stereocenters. The number of hydrogen-bond donors (Lipinski definition) is 2. The Hall–Kier alpha value is -1.59. The fourth-order valence-electron chi connectivity index (χ4n) is 1.73. The third kappa shape index (κ3) is 5.19. The lowest BCUT2D eigenvalue weighted by atomic mass is 10.2. The van der Waals surface area contributed by atoms with Crippen LogP contribution in [0.4, 0.5) is 11.4 Å². The van der Waals surface area contributed by atoms with Crippen molar-refractivity contribution < 1.29 is 9.59 Å². The molecule has 1 aromatic rings. The van der Waals surface area contributed by atoms with Crippen LogP contribution in [-0.2, 0) is 9.59 Å². The second kappa shape index (κ2) is 7.87. The summed E-state index contributed by atoms with van der Waals surface area (Å²) in [6, 6.07) is 4.99. The van der Waals surface area contributed by atoms with Crippen molar-refractivity contribution >= 4 is 34.8 Å². The van der Waals surface area contributed by atoms with Crippen molar-refractivity contribution in [3.05, 3.63) is 23.2 Å². The van der Waals surface area contributed by atoms with E-state index in [1.165, 1.54) is 6.92 Å². The van der Waals surface area contributed by atoms with Gasteiger partial charge in [-0.25, -0.2) is 0 Å². The number of anilines is 2. The highest BCUT2D eigenvalue weighted by Gasteiger charge is 2.09. The minimum Gasteiger partial charge on any atom is -0.325 e. The van der Waals surface area contributed by atoms with E-state index in [1.807, 2.05) is 18.7 Å². The lowest BCUT2D eigenvalue weighted by Crippen LogP contribution is -2.32. The summed E-state index contributed by atoms with van der Waals surface area (Å²) in [6.07, 6.45) is 0. The molecule has 0 radical (unpaired) electrons. The first kappa shape index (κ1) is 16.5. The van der Waals surface area contributed by atoms with Crippen LogP contribution in [0.25, 0.3) is 0 Å². The first-order valence-corrected chi connectivity index (χ1v) is 6.93. The number of carbonyl (C=O) groups excluding carboxylic acids is 2. The van der Waals surface area contributed by atoms with E-state index in [2.05, 4.69) is 10.6 Å². The Kier molecular flexibility index (Phi) is 6.48. The minimum atomic E-state index is -0.190. The van der Waals surface area contributed by atoms with Crippen molar-refractivity contribution in [2.24, 2.45) is 0 Å². The molecule has 5 nitrogen and oxygen atoms in total. The number of halogens is 1. The summed E-state index contributed by atoms with van der Waals surface area (Å²) < 4.78 is 0. The van der Waals surface area contributed by atoms with Crippen molar-refractivity contribution in [1.29, 1.82) is 0 Å². The molecule has 0 spiro atoms. The predicted molar refractivity (Wildman–Crippen MR) is 82.2 cm³/mol. The molecule has 110 valence electrons. The Morgan fingerprint density at radius 3 is 2.35 bits per heavy atom. The molecular weight excluding hydrogens is 278 g/mol. The molecular formula is C14H20ClN3O2. The Bertz CT molecular complexity index is 487. The van der Waals surface area contributed by atoms with Crippen molar-refractivity contribution in [1.82, 2.24) is 4.90 Å². The number of carbonyl (C=O) groups is 2. The summed E-state index contributed by atoms with van der Waals surface area (Å²) in [7, 11) is 0. The predicted octanol–water partition coefficient (Wildman–Crippen LogP) is 2.58. The topological polar surface area (TPSA) is 61.4 Å². The smallest absolute Gasteiger partial charge is 0.238 e. The van der Waals surface area contributed by atoms with Gasteiger partial charge in [-0.15, -0.1) is 0 Å². The van der Waals surface area contributed by atoms with E-state index in [-0.39, 0.29) is 11.8 Å². The molecule has 1 aromatic carbocycles. The third-order valence-corrected chi connectivity index (χ3v) is 3.14. The van der Waals surface area contributed by atoms with Gasteiger partial charge >= 0.3 is 0 Å². The molecule has 0 aliphatic carbocycles. The van der Waals surface area contributed by atoms with Gasteiger partial charge in [0.15, 0.2) is 0 Å². The molecule has 0 saturated carbocycles. The summed E-state index contributed by atoms with van der Waals surface area (Å²) in [6.45, 7) is 7.43. The molecule has 6 heteroatoms. The van der Waals surface area contributed by atoms with Crippen molar-refractivity contribution in [2.75, 3.05) is 30.3 Å². The third-order valence-electron chi connectivity index (χ3n) is 2.83. The quantitative estimate of drug-likeness (QED) is 0.848. The summed E-state index contributed by atoms with van der Waals surface area (Å²) >= 11 is 6.04. The zero-order valence-electron chi connectivity index (χ0n) is 12.0. The van der Waals surface area contributed by atoms with E-state index in [0.29, 0.717) is 22.9 Å². The zero-order valence-corrected chi connectivity index (χ0v) is 12.8. The average molecular weight is 298 g/mol. The van der Waals surface area contributed by atoms with Gasteiger partial charge in [-0.3, -0.25) is 14.5 Å². The molecule has 0 heterocycles. The molecule has 0 saturated heterocycles. The number of benzene rings is 1. The first-order chi connectivity index (χ1) is 9.46. The lowest BCUT2D eigenvalue weighted by Gasteiger charge is -2.17. The van der Waals surface area contributed by atoms with Crippen LogP contribution >= 0.6 is 11.6 Å². The van der Waals surface area contributed by atoms with Gasteiger partial charge in [-0.1, -0.05) is 25.4 Å². The van der Waals surface area contributed by atoms with Gasteiger partial charge in [0.2, 0.25) is 11.8 Å². The Morgan fingerprint density at radius 2 is 1.85 bits per heavy atom. The Morgan fingerprint density at radius 1 is 1.20 bits per heavy atom. The van der Waals surface area contributed by atoms with Crippen LogP contribution in [0, 0.1) is 0 Å². The normalized spacial score (nSPS) is 10.4. The van der Waals surface area contributed by atoms with Gasteiger partial charge in [-0.05, 0) is 31.3 Å². The number of nitrogens with zero attached hydrogens (tertiary/aromatic N) is 1. The van der Waals surface area contributed by atoms with Gasteiger partial charge in [-0.2, -0.15) is 0 Å². The minimum absolute atomic E-state index is 0.0861. The molecule has 20 heavy (non-hydrogen) atoms. The van der Waals surface area contributed by atoms with Crippen LogP contribution in [0.2, 0.25) is 5.02 Å². The summed E-state index contributed by atoms with van der Waals surface area (Å²) in [5.74, 6) is -0.276. The standard InChI is InChI=1S/C14H20ClN3O2/c1-4-18(5-2)9-14(20)17-11-6-7-13(12(15)8-11)16-10(3)19/h6-8H,4-5,9H2,1-3H3,(H,16,19)(H,17,20). The summed E-state index contributed by atoms with van der Waals surface area (Å²) in [4.78, 5) is 24.8. The number of hydrogen-bond acceptors (Lipinski definition) is 3. The number of likely N-dealkylation sites (N-methyl/N-ethyl adjacent to an activating group) is 1. The summed E-state index contributed by atoms with van der Waals surface area (Å²) in [5.41, 5.74) is 1.14. The van der Waals surface area contributed by atoms with Crippen LogP contribution in [0.5, 0.6) is 0 Å². The Labute approximate surface area is 124 Å². The molecule has 0 aliphatic rings. The number of amides is 2. The molecule has 0 fully saturated rings. The zero-order chi connectivity index (χ0) is 15.1. The fraction of sp³-hybridized carbons (Fsp3) is 0.429. The highest BCUT2D eigenvalue weighted by molar-refractivity contribution is 6.34. The number of rotatable bonds is 6. The molecule has 2 N–H and O–H groups in total. The lowest BCUT2D eigenvalue weighted by molar-refractivity contribution is -0.117. The van der Waals surface area contributed by atoms with Crippen LogP contribution in [0.15, 0.2) is 18.2 Å². The van der Waals surface area contributed by atoms with Crippen molar-refractivity contribution in [2.45, 2.75) is 20.8 Å². The number of nitrogens with one attached hydrogen (secondary N) is 2. The highest BCUT2D eigenvalue weighted by atomic mass is 35.5. The highest BCUT2D eigenvalue weighted by Crippen LogP contribution is 2.25. The maximum absolute atomic E-state index is 11.8. The second-order valence-corrected chi connectivity index (χ2v) is 4.79. The molecule has 0 aromatic heterocycles. The summed E-state index contributed by atoms with van der Waals surface area (Å²) in [5, 5.41) is 5.79. The van der Waals surface area contributed by atoms with E-state index in [9.17, 15) is 9.59 Å². The van der Waals surface area contributed by atoms with Crippen molar-refractivity contribution in [3.8, 4) is 0 Å². The van der Waals surface area contributed by atoms with E-state index < -0.39 is 0 Å². The molecule has 0 aliphatic heterocycles. The van der Waals surface area contributed by atoms with E-state index >= 15 is 0 Å². The molecule has 0 unspecified atom stereocenters. The first-order valence-electron chi connectivity index (χ1n) is 6.55. The fourth-order valence-corrected chi connectivity index (χ4v) is 1.96. The average Bonchev–Trinajstić information content (AvgIpc) is 2.38. The van der Waals surface area contributed by atoms with Gasteiger partial charge in [0.05, 0.1) is 17.3 Å². The molecule has 1 rings (SSSR count). The van der Waals surface area contributed by atoms with Crippen LogP contribution in [0.1, 0.15) is 20.8 Å². The van der Waals surface area contributed by atoms with Crippen molar-refractivity contribution in [3.63, 3.8) is 0 Å². The monoisotopic (exact) mass is 297 g/mol. The maximum Gasteiger partial charge on any atom is 0.238 e. The van der Waals surface area contributed by atoms with Gasteiger partial charge in [0.1, 0.15) is 0 Å². The van der Waals surface area contributed by atoms with E-state index in [4.69, 9.17) is 11.6 Å². The van der Waals surface area contributed by atoms with Crippen LogP contribution in [-0.4, -0.2) is 36.3 Å². The maximum atomic E-state index is 11.8. The van der Waals surface area contributed by atoms with Gasteiger partial charge in [0.25, 0.3) is 0 Å². The van der Waals surface area contributed by atoms with Crippen LogP contribution < -0.4 is 10.6 Å². The SMILES string of the molecule is CCN(CC)CC(=O)Nc1ccc(NC(C)=O)c(Cl)c1. The van der Waals surface area contributed by atoms with Crippen LogP contribution in [0.3, 0.4) is 0 Å². The second-order valence-electron chi connectivity index (χ2n) is 4.39. The van der Waals surface area contributed by atoms with E-state index in [1.54, 1.807) is 18.2 Å². The van der Waals surface area contributed by atoms with E-state index in [0.717, 1.165) is 13.1 Å².